The van der Waals surface area contributed by atoms with E-state index in [9.17, 15) is 9.59 Å². The Morgan fingerprint density at radius 1 is 1.26 bits per heavy atom. The van der Waals surface area contributed by atoms with E-state index in [0.717, 1.165) is 18.4 Å². The van der Waals surface area contributed by atoms with Gasteiger partial charge in [-0.1, -0.05) is 23.7 Å². The van der Waals surface area contributed by atoms with Crippen LogP contribution in [0.1, 0.15) is 31.2 Å². The number of ether oxygens (including phenoxy) is 1. The average Bonchev–Trinajstić information content (AvgIpc) is 2.41. The summed E-state index contributed by atoms with van der Waals surface area (Å²) in [5, 5.41) is 0.646. The van der Waals surface area contributed by atoms with Crippen LogP contribution in [0, 0.1) is 0 Å². The maximum Gasteiger partial charge on any atom is 0.331 e. The number of carbonyl (C=O) groups excluding carboxylic acids is 2. The highest BCUT2D eigenvalue weighted by molar-refractivity contribution is 6.30. The van der Waals surface area contributed by atoms with E-state index in [0.29, 0.717) is 17.9 Å². The summed E-state index contributed by atoms with van der Waals surface area (Å²) < 4.78 is 5.15. The molecule has 19 heavy (non-hydrogen) atoms. The van der Waals surface area contributed by atoms with Gasteiger partial charge in [0.05, 0.1) is 0 Å². The summed E-state index contributed by atoms with van der Waals surface area (Å²) >= 11 is 5.77. The summed E-state index contributed by atoms with van der Waals surface area (Å²) in [6.45, 7) is 0. The van der Waals surface area contributed by atoms with Gasteiger partial charge < -0.3 is 4.74 Å². The van der Waals surface area contributed by atoms with Gasteiger partial charge in [-0.25, -0.2) is 4.79 Å². The topological polar surface area (TPSA) is 43.4 Å². The molecular weight excluding hydrogens is 264 g/mol. The molecule has 1 aliphatic rings. The number of hydrogen-bond acceptors (Lipinski definition) is 3. The Morgan fingerprint density at radius 3 is 2.68 bits per heavy atom. The lowest BCUT2D eigenvalue weighted by atomic mass is 9.96. The number of ketones is 1. The van der Waals surface area contributed by atoms with Gasteiger partial charge in [0.1, 0.15) is 0 Å². The van der Waals surface area contributed by atoms with Crippen molar-refractivity contribution in [2.45, 2.75) is 31.8 Å². The molecule has 1 fully saturated rings. The second-order valence-corrected chi connectivity index (χ2v) is 4.96. The fourth-order valence-electron chi connectivity index (χ4n) is 1.99. The van der Waals surface area contributed by atoms with E-state index < -0.39 is 12.1 Å². The third kappa shape index (κ3) is 4.21. The predicted octanol–water partition coefficient (Wildman–Crippen LogP) is 3.41. The van der Waals surface area contributed by atoms with Crippen molar-refractivity contribution in [3.63, 3.8) is 0 Å². The van der Waals surface area contributed by atoms with Crippen LogP contribution in [-0.4, -0.2) is 17.9 Å². The van der Waals surface area contributed by atoms with Crippen LogP contribution in [0.5, 0.6) is 0 Å². The van der Waals surface area contributed by atoms with Crippen LogP contribution in [0.25, 0.3) is 6.08 Å². The number of hydrogen-bond donors (Lipinski definition) is 0. The zero-order valence-corrected chi connectivity index (χ0v) is 11.2. The van der Waals surface area contributed by atoms with Crippen molar-refractivity contribution in [3.05, 3.63) is 40.9 Å². The van der Waals surface area contributed by atoms with Crippen LogP contribution >= 0.6 is 11.6 Å². The minimum atomic E-state index is -0.559. The van der Waals surface area contributed by atoms with E-state index in [1.54, 1.807) is 30.3 Å². The Bertz CT molecular complexity index is 491. The highest BCUT2D eigenvalue weighted by Gasteiger charge is 2.24. The van der Waals surface area contributed by atoms with Crippen LogP contribution in [0.3, 0.4) is 0 Å². The van der Waals surface area contributed by atoms with Crippen molar-refractivity contribution in [2.75, 3.05) is 0 Å². The first-order valence-electron chi connectivity index (χ1n) is 6.32. The van der Waals surface area contributed by atoms with Gasteiger partial charge in [0.25, 0.3) is 0 Å². The van der Waals surface area contributed by atoms with E-state index in [-0.39, 0.29) is 5.78 Å². The molecule has 0 unspecified atom stereocenters. The molecule has 0 aromatic heterocycles. The molecule has 3 nitrogen and oxygen atoms in total. The lowest BCUT2D eigenvalue weighted by Gasteiger charge is -2.19. The van der Waals surface area contributed by atoms with Crippen molar-refractivity contribution in [3.8, 4) is 0 Å². The molecule has 4 heteroatoms. The number of Topliss-reactive ketones (excluding diaryl/α,β-unsaturated/α-hetero) is 1. The first-order valence-corrected chi connectivity index (χ1v) is 6.70. The van der Waals surface area contributed by atoms with Crippen LogP contribution < -0.4 is 0 Å². The molecule has 1 aromatic carbocycles. The average molecular weight is 279 g/mol. The van der Waals surface area contributed by atoms with Gasteiger partial charge >= 0.3 is 5.97 Å². The van der Waals surface area contributed by atoms with E-state index >= 15 is 0 Å². The molecule has 0 radical (unpaired) electrons. The predicted molar refractivity (Wildman–Crippen MR) is 73.8 cm³/mol. The first-order chi connectivity index (χ1) is 9.15. The number of carbonyl (C=O) groups is 2. The summed E-state index contributed by atoms with van der Waals surface area (Å²) in [6.07, 6.45) is 5.41. The maximum absolute atomic E-state index is 11.6. The van der Waals surface area contributed by atoms with Gasteiger partial charge in [0, 0.05) is 17.5 Å². The van der Waals surface area contributed by atoms with Crippen molar-refractivity contribution in [2.24, 2.45) is 0 Å². The minimum Gasteiger partial charge on any atom is -0.451 e. The number of rotatable bonds is 3. The van der Waals surface area contributed by atoms with Gasteiger partial charge in [-0.15, -0.1) is 0 Å². The highest BCUT2D eigenvalue weighted by Crippen LogP contribution is 2.18. The number of esters is 1. The second-order valence-electron chi connectivity index (χ2n) is 4.52. The van der Waals surface area contributed by atoms with Gasteiger partial charge in [0.15, 0.2) is 11.9 Å². The quantitative estimate of drug-likeness (QED) is 0.629. The molecule has 2 rings (SSSR count). The summed E-state index contributed by atoms with van der Waals surface area (Å²) in [7, 11) is 0. The molecule has 1 atom stereocenters. The summed E-state index contributed by atoms with van der Waals surface area (Å²) in [4.78, 5) is 23.1. The van der Waals surface area contributed by atoms with Gasteiger partial charge in [-0.05, 0) is 43.0 Å². The van der Waals surface area contributed by atoms with E-state index in [1.807, 2.05) is 0 Å². The van der Waals surface area contributed by atoms with Gasteiger partial charge in [-0.3, -0.25) is 4.79 Å². The Morgan fingerprint density at radius 2 is 2.00 bits per heavy atom. The summed E-state index contributed by atoms with van der Waals surface area (Å²) in [5.74, 6) is -0.449. The molecule has 0 heterocycles. The zero-order chi connectivity index (χ0) is 13.7. The molecule has 100 valence electrons. The minimum absolute atomic E-state index is 0.0273. The third-order valence-electron chi connectivity index (χ3n) is 3.04. The lowest BCUT2D eigenvalue weighted by Crippen LogP contribution is -2.29. The fourth-order valence-corrected chi connectivity index (χ4v) is 2.12. The van der Waals surface area contributed by atoms with Crippen LogP contribution in [-0.2, 0) is 14.3 Å². The second kappa shape index (κ2) is 6.53. The SMILES string of the molecule is O=C(/C=C/c1ccc(Cl)cc1)O[C@H]1CCCCC1=O. The van der Waals surface area contributed by atoms with Crippen molar-refractivity contribution in [1.29, 1.82) is 0 Å². The Kier molecular flexibility index (Phi) is 4.74. The molecule has 1 saturated carbocycles. The molecule has 0 aliphatic heterocycles. The molecule has 0 amide bonds. The van der Waals surface area contributed by atoms with E-state index in [4.69, 9.17) is 16.3 Å². The smallest absolute Gasteiger partial charge is 0.331 e. The molecule has 0 saturated heterocycles. The largest absolute Gasteiger partial charge is 0.451 e. The molecule has 0 bridgehead atoms. The van der Waals surface area contributed by atoms with Crippen LogP contribution in [0.15, 0.2) is 30.3 Å². The van der Waals surface area contributed by atoms with Gasteiger partial charge in [-0.2, -0.15) is 0 Å². The molecule has 1 aromatic rings. The van der Waals surface area contributed by atoms with E-state index in [2.05, 4.69) is 0 Å². The zero-order valence-electron chi connectivity index (χ0n) is 10.5. The van der Waals surface area contributed by atoms with Crippen LogP contribution in [0.2, 0.25) is 5.02 Å². The number of benzene rings is 1. The number of halogens is 1. The fraction of sp³-hybridized carbons (Fsp3) is 0.333. The van der Waals surface area contributed by atoms with E-state index in [1.165, 1.54) is 6.08 Å². The first kappa shape index (κ1) is 13.8. The van der Waals surface area contributed by atoms with Crippen molar-refractivity contribution < 1.29 is 14.3 Å². The maximum atomic E-state index is 11.6. The summed E-state index contributed by atoms with van der Waals surface area (Å²) in [6, 6.07) is 7.10. The molecular formula is C15H15ClO3. The van der Waals surface area contributed by atoms with Crippen molar-refractivity contribution in [1.82, 2.24) is 0 Å². The standard InChI is InChI=1S/C15H15ClO3/c16-12-8-5-11(6-9-12)7-10-15(18)19-14-4-2-1-3-13(14)17/h5-10,14H,1-4H2/b10-7+/t14-/m0/s1. The van der Waals surface area contributed by atoms with Crippen LogP contribution in [0.4, 0.5) is 0 Å². The Balaban J connectivity index is 1.90. The Hall–Kier alpha value is -1.61. The molecule has 0 N–H and O–H groups in total. The summed E-state index contributed by atoms with van der Waals surface area (Å²) in [5.41, 5.74) is 0.858. The normalized spacial score (nSPS) is 19.6. The molecule has 1 aliphatic carbocycles. The van der Waals surface area contributed by atoms with Crippen molar-refractivity contribution >= 4 is 29.4 Å². The van der Waals surface area contributed by atoms with Gasteiger partial charge in [0.2, 0.25) is 0 Å². The molecule has 0 spiro atoms. The lowest BCUT2D eigenvalue weighted by molar-refractivity contribution is -0.152. The third-order valence-corrected chi connectivity index (χ3v) is 3.29. The Labute approximate surface area is 117 Å². The highest BCUT2D eigenvalue weighted by atomic mass is 35.5. The monoisotopic (exact) mass is 278 g/mol.